The standard InChI is InChI=1S/C32H23NS2/c1-32(2)25-14-12-21(22-13-15-27(33-19-22)20-8-4-3-5-9-20)16-23(25)24-17-30-31(18-26(24)32)35-29-11-7-6-10-28(29)34-30/h3-19H,1-2H3. The minimum Gasteiger partial charge on any atom is -0.256 e. The van der Waals surface area contributed by atoms with Crippen LogP contribution in [0, 0.1) is 0 Å². The van der Waals surface area contributed by atoms with Gasteiger partial charge >= 0.3 is 0 Å². The Labute approximate surface area is 214 Å². The van der Waals surface area contributed by atoms with Crippen LogP contribution in [0.5, 0.6) is 0 Å². The molecule has 5 aromatic rings. The molecule has 2 aliphatic rings. The molecule has 0 saturated heterocycles. The molecule has 35 heavy (non-hydrogen) atoms. The van der Waals surface area contributed by atoms with E-state index in [1.807, 2.05) is 35.8 Å². The number of hydrogen-bond donors (Lipinski definition) is 0. The van der Waals surface area contributed by atoms with Gasteiger partial charge in [0.1, 0.15) is 0 Å². The second-order valence-electron chi connectivity index (χ2n) is 9.68. The van der Waals surface area contributed by atoms with E-state index in [9.17, 15) is 0 Å². The molecular weight excluding hydrogens is 462 g/mol. The maximum absolute atomic E-state index is 4.76. The Kier molecular flexibility index (Phi) is 4.74. The lowest BCUT2D eigenvalue weighted by Gasteiger charge is -2.24. The van der Waals surface area contributed by atoms with E-state index >= 15 is 0 Å². The minimum atomic E-state index is -0.0180. The first-order valence-corrected chi connectivity index (χ1v) is 13.5. The Morgan fingerprint density at radius 3 is 1.91 bits per heavy atom. The number of rotatable bonds is 2. The Bertz CT molecular complexity index is 1600. The minimum absolute atomic E-state index is 0.0180. The van der Waals surface area contributed by atoms with E-state index in [4.69, 9.17) is 4.98 Å². The number of benzene rings is 4. The fraction of sp³-hybridized carbons (Fsp3) is 0.0938. The topological polar surface area (TPSA) is 12.9 Å². The highest BCUT2D eigenvalue weighted by atomic mass is 32.2. The van der Waals surface area contributed by atoms with Crippen LogP contribution in [0.1, 0.15) is 25.0 Å². The van der Waals surface area contributed by atoms with Gasteiger partial charge in [-0.25, -0.2) is 0 Å². The van der Waals surface area contributed by atoms with Gasteiger partial charge in [-0.2, -0.15) is 0 Å². The Morgan fingerprint density at radius 2 is 1.20 bits per heavy atom. The lowest BCUT2D eigenvalue weighted by molar-refractivity contribution is 0.657. The summed E-state index contributed by atoms with van der Waals surface area (Å²) in [6, 6.07) is 35.2. The summed E-state index contributed by atoms with van der Waals surface area (Å²) in [7, 11) is 0. The molecule has 0 radical (unpaired) electrons. The van der Waals surface area contributed by atoms with Crippen LogP contribution in [-0.2, 0) is 5.41 Å². The second kappa shape index (κ2) is 7.87. The van der Waals surface area contributed by atoms with Crippen molar-refractivity contribution in [3.05, 3.63) is 114 Å². The molecule has 3 heteroatoms. The fourth-order valence-electron chi connectivity index (χ4n) is 5.30. The summed E-state index contributed by atoms with van der Waals surface area (Å²) >= 11 is 3.79. The molecule has 2 heterocycles. The smallest absolute Gasteiger partial charge is 0.0702 e. The number of pyridine rings is 1. The highest BCUT2D eigenvalue weighted by molar-refractivity contribution is 8.05. The average molecular weight is 486 g/mol. The van der Waals surface area contributed by atoms with Gasteiger partial charge in [0.25, 0.3) is 0 Å². The zero-order valence-corrected chi connectivity index (χ0v) is 21.2. The number of nitrogens with zero attached hydrogens (tertiary/aromatic N) is 1. The van der Waals surface area contributed by atoms with Gasteiger partial charge in [0.15, 0.2) is 0 Å². The van der Waals surface area contributed by atoms with Gasteiger partial charge in [-0.15, -0.1) is 0 Å². The van der Waals surface area contributed by atoms with E-state index < -0.39 is 0 Å². The Morgan fingerprint density at radius 1 is 0.543 bits per heavy atom. The molecule has 0 spiro atoms. The van der Waals surface area contributed by atoms with Gasteiger partial charge in [0, 0.05) is 42.3 Å². The van der Waals surface area contributed by atoms with E-state index in [1.54, 1.807) is 0 Å². The van der Waals surface area contributed by atoms with Crippen LogP contribution >= 0.6 is 23.5 Å². The lowest BCUT2D eigenvalue weighted by Crippen LogP contribution is -2.15. The first kappa shape index (κ1) is 21.0. The van der Waals surface area contributed by atoms with Crippen molar-refractivity contribution in [2.75, 3.05) is 0 Å². The van der Waals surface area contributed by atoms with Crippen LogP contribution in [0.2, 0.25) is 0 Å². The zero-order valence-electron chi connectivity index (χ0n) is 19.6. The van der Waals surface area contributed by atoms with Crippen LogP contribution in [0.3, 0.4) is 0 Å². The molecule has 1 aliphatic heterocycles. The predicted molar refractivity (Wildman–Crippen MR) is 147 cm³/mol. The molecule has 4 aromatic carbocycles. The summed E-state index contributed by atoms with van der Waals surface area (Å²) in [5.74, 6) is 0. The van der Waals surface area contributed by atoms with Gasteiger partial charge in [-0.05, 0) is 64.2 Å². The molecule has 0 fully saturated rings. The monoisotopic (exact) mass is 485 g/mol. The van der Waals surface area contributed by atoms with Gasteiger partial charge in [0.05, 0.1) is 5.69 Å². The molecule has 1 aliphatic carbocycles. The fourth-order valence-corrected chi connectivity index (χ4v) is 7.57. The third-order valence-corrected chi connectivity index (χ3v) is 9.72. The summed E-state index contributed by atoms with van der Waals surface area (Å²) in [4.78, 5) is 10.2. The van der Waals surface area contributed by atoms with Crippen molar-refractivity contribution in [3.63, 3.8) is 0 Å². The van der Waals surface area contributed by atoms with Crippen molar-refractivity contribution >= 4 is 23.5 Å². The van der Waals surface area contributed by atoms with Crippen LogP contribution in [-0.4, -0.2) is 4.98 Å². The van der Waals surface area contributed by atoms with Crippen LogP contribution in [0.25, 0.3) is 33.5 Å². The van der Waals surface area contributed by atoms with Crippen LogP contribution in [0.4, 0.5) is 0 Å². The summed E-state index contributed by atoms with van der Waals surface area (Å²) < 4.78 is 0. The number of hydrogen-bond acceptors (Lipinski definition) is 3. The van der Waals surface area contributed by atoms with Crippen LogP contribution in [0.15, 0.2) is 123 Å². The molecule has 0 amide bonds. The first-order valence-electron chi connectivity index (χ1n) is 11.9. The van der Waals surface area contributed by atoms with Crippen molar-refractivity contribution in [3.8, 4) is 33.5 Å². The molecule has 7 rings (SSSR count). The second-order valence-corrected chi connectivity index (χ2v) is 11.8. The SMILES string of the molecule is CC1(C)c2ccc(-c3ccc(-c4ccccc4)nc3)cc2-c2cc3c(cc21)Sc1ccccc1S3. The molecule has 1 nitrogen and oxygen atoms in total. The normalized spacial score (nSPS) is 14.6. The first-order chi connectivity index (χ1) is 17.1. The highest BCUT2D eigenvalue weighted by Crippen LogP contribution is 2.56. The van der Waals surface area contributed by atoms with E-state index in [1.165, 1.54) is 47.4 Å². The summed E-state index contributed by atoms with van der Waals surface area (Å²) in [5, 5.41) is 0. The molecular formula is C32H23NS2. The molecule has 1 aromatic heterocycles. The van der Waals surface area contributed by atoms with Crippen molar-refractivity contribution in [2.24, 2.45) is 0 Å². The van der Waals surface area contributed by atoms with Gasteiger partial charge in [-0.3, -0.25) is 4.98 Å². The third kappa shape index (κ3) is 3.37. The van der Waals surface area contributed by atoms with E-state index in [2.05, 4.69) is 105 Å². The largest absolute Gasteiger partial charge is 0.256 e. The molecule has 0 saturated carbocycles. The van der Waals surface area contributed by atoms with E-state index in [0.29, 0.717) is 0 Å². The van der Waals surface area contributed by atoms with Crippen LogP contribution < -0.4 is 0 Å². The number of aromatic nitrogens is 1. The van der Waals surface area contributed by atoms with E-state index in [-0.39, 0.29) is 5.41 Å². The molecule has 0 bridgehead atoms. The maximum atomic E-state index is 4.76. The molecule has 0 atom stereocenters. The molecule has 0 unspecified atom stereocenters. The van der Waals surface area contributed by atoms with Gasteiger partial charge in [-0.1, -0.05) is 98.0 Å². The molecule has 168 valence electrons. The zero-order chi connectivity index (χ0) is 23.6. The quantitative estimate of drug-likeness (QED) is 0.242. The van der Waals surface area contributed by atoms with Crippen molar-refractivity contribution in [2.45, 2.75) is 38.8 Å². The lowest BCUT2D eigenvalue weighted by atomic mass is 9.82. The average Bonchev–Trinajstić information content (AvgIpc) is 3.12. The summed E-state index contributed by atoms with van der Waals surface area (Å²) in [5.41, 5.74) is 10.0. The van der Waals surface area contributed by atoms with Crippen molar-refractivity contribution in [1.82, 2.24) is 4.98 Å². The Hall–Kier alpha value is -3.27. The maximum Gasteiger partial charge on any atom is 0.0702 e. The summed E-state index contributed by atoms with van der Waals surface area (Å²) in [6.07, 6.45) is 2.00. The Balaban J connectivity index is 1.30. The van der Waals surface area contributed by atoms with Crippen molar-refractivity contribution in [1.29, 1.82) is 0 Å². The summed E-state index contributed by atoms with van der Waals surface area (Å²) in [6.45, 7) is 4.71. The van der Waals surface area contributed by atoms with Gasteiger partial charge in [0.2, 0.25) is 0 Å². The predicted octanol–water partition coefficient (Wildman–Crippen LogP) is 9.34. The number of fused-ring (bicyclic) bond motifs is 5. The molecule has 0 N–H and O–H groups in total. The third-order valence-electron chi connectivity index (χ3n) is 7.20. The van der Waals surface area contributed by atoms with Crippen molar-refractivity contribution < 1.29 is 0 Å². The van der Waals surface area contributed by atoms with Gasteiger partial charge < -0.3 is 0 Å². The van der Waals surface area contributed by atoms with E-state index in [0.717, 1.165) is 16.8 Å². The highest BCUT2D eigenvalue weighted by Gasteiger charge is 2.37.